The average molecular weight is 282 g/mol. The first-order chi connectivity index (χ1) is 9.06. The number of carboxylic acids is 1. The Bertz CT molecular complexity index is 504. The van der Waals surface area contributed by atoms with Crippen LogP contribution in [0.15, 0.2) is 30.5 Å². The van der Waals surface area contributed by atoms with E-state index >= 15 is 0 Å². The van der Waals surface area contributed by atoms with Gasteiger partial charge in [-0.1, -0.05) is 23.7 Å². The maximum absolute atomic E-state index is 10.8. The van der Waals surface area contributed by atoms with Crippen LogP contribution in [0.25, 0.3) is 5.70 Å². The molecular formula is C13H16ClN3O2. The molecule has 5 nitrogen and oxygen atoms in total. The molecule has 1 fully saturated rings. The molecule has 1 aromatic rings. The van der Waals surface area contributed by atoms with E-state index < -0.39 is 12.0 Å². The minimum Gasteiger partial charge on any atom is -0.480 e. The molecule has 0 bridgehead atoms. The zero-order chi connectivity index (χ0) is 13.8. The highest BCUT2D eigenvalue weighted by atomic mass is 35.5. The number of aliphatic carboxylic acids is 1. The van der Waals surface area contributed by atoms with Gasteiger partial charge in [-0.25, -0.2) is 0 Å². The van der Waals surface area contributed by atoms with E-state index in [0.717, 1.165) is 5.56 Å². The number of carbonyl (C=O) groups is 1. The number of nitrogens with one attached hydrogen (secondary N) is 2. The predicted octanol–water partition coefficient (Wildman–Crippen LogP) is 1.00. The Morgan fingerprint density at radius 2 is 2.37 bits per heavy atom. The van der Waals surface area contributed by atoms with Crippen molar-refractivity contribution in [2.45, 2.75) is 18.5 Å². The highest BCUT2D eigenvalue weighted by Crippen LogP contribution is 2.15. The summed E-state index contributed by atoms with van der Waals surface area (Å²) in [7, 11) is 0. The number of benzene rings is 1. The lowest BCUT2D eigenvalue weighted by Gasteiger charge is -2.10. The van der Waals surface area contributed by atoms with Gasteiger partial charge < -0.3 is 21.5 Å². The van der Waals surface area contributed by atoms with Crippen molar-refractivity contribution in [2.24, 2.45) is 5.73 Å². The van der Waals surface area contributed by atoms with Crippen molar-refractivity contribution >= 4 is 23.3 Å². The summed E-state index contributed by atoms with van der Waals surface area (Å²) in [6.07, 6.45) is 2.23. The third kappa shape index (κ3) is 3.62. The van der Waals surface area contributed by atoms with Gasteiger partial charge in [-0.05, 0) is 18.6 Å². The smallest absolute Gasteiger partial charge is 0.320 e. The molecule has 5 N–H and O–H groups in total. The molecule has 0 saturated carbocycles. The monoisotopic (exact) mass is 281 g/mol. The molecular weight excluding hydrogens is 266 g/mol. The van der Waals surface area contributed by atoms with Crippen LogP contribution in [-0.4, -0.2) is 29.7 Å². The molecule has 102 valence electrons. The van der Waals surface area contributed by atoms with Gasteiger partial charge in [0.05, 0.1) is 5.70 Å². The second kappa shape index (κ2) is 5.95. The summed E-state index contributed by atoms with van der Waals surface area (Å²) in [6, 6.07) is 6.84. The van der Waals surface area contributed by atoms with E-state index in [2.05, 4.69) is 10.6 Å². The van der Waals surface area contributed by atoms with Crippen LogP contribution in [-0.2, 0) is 4.79 Å². The molecule has 1 heterocycles. The fraction of sp³-hybridized carbons (Fsp3) is 0.308. The first kappa shape index (κ1) is 13.7. The van der Waals surface area contributed by atoms with Crippen LogP contribution in [0.2, 0.25) is 5.02 Å². The average Bonchev–Trinajstić information content (AvgIpc) is 2.85. The predicted molar refractivity (Wildman–Crippen MR) is 74.6 cm³/mol. The van der Waals surface area contributed by atoms with Crippen molar-refractivity contribution in [3.63, 3.8) is 0 Å². The number of hydrogen-bond acceptors (Lipinski definition) is 4. The first-order valence-corrected chi connectivity index (χ1v) is 6.38. The zero-order valence-electron chi connectivity index (χ0n) is 10.3. The fourth-order valence-electron chi connectivity index (χ4n) is 2.01. The standard InChI is InChI=1S/C13H16ClN3O2/c14-9-3-1-2-8(4-9)11(15)7-16-10-5-12(13(18)19)17-6-10/h1-4,7,10,12,16-17H,5-6,15H2,(H,18,19)/b11-7-. The van der Waals surface area contributed by atoms with E-state index in [-0.39, 0.29) is 6.04 Å². The van der Waals surface area contributed by atoms with Crippen LogP contribution in [0, 0.1) is 0 Å². The number of halogens is 1. The fourth-order valence-corrected chi connectivity index (χ4v) is 2.20. The molecule has 1 aromatic carbocycles. The molecule has 0 spiro atoms. The molecule has 2 unspecified atom stereocenters. The van der Waals surface area contributed by atoms with Crippen LogP contribution < -0.4 is 16.4 Å². The summed E-state index contributed by atoms with van der Waals surface area (Å²) in [4.78, 5) is 10.8. The Labute approximate surface area is 116 Å². The summed E-state index contributed by atoms with van der Waals surface area (Å²) in [5.74, 6) is -0.823. The Morgan fingerprint density at radius 3 is 3.00 bits per heavy atom. The molecule has 2 rings (SSSR count). The maximum atomic E-state index is 10.8. The van der Waals surface area contributed by atoms with Crippen LogP contribution >= 0.6 is 11.6 Å². The summed E-state index contributed by atoms with van der Waals surface area (Å²) < 4.78 is 0. The molecule has 1 saturated heterocycles. The number of carboxylic acid groups (broad SMARTS) is 1. The van der Waals surface area contributed by atoms with Gasteiger partial charge in [0.1, 0.15) is 6.04 Å². The van der Waals surface area contributed by atoms with Gasteiger partial charge in [0.25, 0.3) is 0 Å². The Morgan fingerprint density at radius 1 is 1.58 bits per heavy atom. The van der Waals surface area contributed by atoms with E-state index in [4.69, 9.17) is 22.4 Å². The number of hydrogen-bond donors (Lipinski definition) is 4. The van der Waals surface area contributed by atoms with Gasteiger partial charge in [-0.3, -0.25) is 4.79 Å². The van der Waals surface area contributed by atoms with E-state index in [1.54, 1.807) is 18.3 Å². The van der Waals surface area contributed by atoms with Crippen LogP contribution in [0.3, 0.4) is 0 Å². The van der Waals surface area contributed by atoms with Crippen molar-refractivity contribution in [3.8, 4) is 0 Å². The van der Waals surface area contributed by atoms with Crippen LogP contribution in [0.5, 0.6) is 0 Å². The Hall–Kier alpha value is -1.72. The van der Waals surface area contributed by atoms with Gasteiger partial charge in [0, 0.05) is 29.4 Å². The second-order valence-electron chi connectivity index (χ2n) is 4.51. The molecule has 0 radical (unpaired) electrons. The quantitative estimate of drug-likeness (QED) is 0.661. The molecule has 0 amide bonds. The molecule has 1 aliphatic heterocycles. The lowest BCUT2D eigenvalue weighted by atomic mass is 10.1. The molecule has 6 heteroatoms. The summed E-state index contributed by atoms with van der Waals surface area (Å²) >= 11 is 5.89. The molecule has 1 aliphatic rings. The van der Waals surface area contributed by atoms with E-state index in [0.29, 0.717) is 23.7 Å². The van der Waals surface area contributed by atoms with Crippen molar-refractivity contribution in [1.82, 2.24) is 10.6 Å². The summed E-state index contributed by atoms with van der Waals surface area (Å²) in [6.45, 7) is 0.607. The van der Waals surface area contributed by atoms with Crippen LogP contribution in [0.4, 0.5) is 0 Å². The topological polar surface area (TPSA) is 87.4 Å². The van der Waals surface area contributed by atoms with Gasteiger partial charge in [-0.15, -0.1) is 0 Å². The lowest BCUT2D eigenvalue weighted by Crippen LogP contribution is -2.30. The SMILES string of the molecule is N/C(=C\NC1CNC(C(=O)O)C1)c1cccc(Cl)c1. The number of nitrogens with two attached hydrogens (primary N) is 1. The van der Waals surface area contributed by atoms with Gasteiger partial charge >= 0.3 is 5.97 Å². The number of rotatable bonds is 4. The van der Waals surface area contributed by atoms with E-state index in [9.17, 15) is 4.79 Å². The lowest BCUT2D eigenvalue weighted by molar-refractivity contribution is -0.139. The van der Waals surface area contributed by atoms with Crippen molar-refractivity contribution in [3.05, 3.63) is 41.1 Å². The van der Waals surface area contributed by atoms with Gasteiger partial charge in [0.15, 0.2) is 0 Å². The van der Waals surface area contributed by atoms with Gasteiger partial charge in [0.2, 0.25) is 0 Å². The Kier molecular flexibility index (Phi) is 4.29. The van der Waals surface area contributed by atoms with Crippen molar-refractivity contribution in [2.75, 3.05) is 6.54 Å². The van der Waals surface area contributed by atoms with Crippen molar-refractivity contribution < 1.29 is 9.90 Å². The third-order valence-electron chi connectivity index (χ3n) is 3.06. The van der Waals surface area contributed by atoms with Crippen LogP contribution in [0.1, 0.15) is 12.0 Å². The minimum absolute atomic E-state index is 0.0684. The van der Waals surface area contributed by atoms with E-state index in [1.165, 1.54) is 0 Å². The third-order valence-corrected chi connectivity index (χ3v) is 3.30. The normalized spacial score (nSPS) is 23.3. The summed E-state index contributed by atoms with van der Waals surface area (Å²) in [5, 5.41) is 15.6. The second-order valence-corrected chi connectivity index (χ2v) is 4.94. The molecule has 0 aliphatic carbocycles. The molecule has 2 atom stereocenters. The first-order valence-electron chi connectivity index (χ1n) is 6.00. The largest absolute Gasteiger partial charge is 0.480 e. The molecule has 19 heavy (non-hydrogen) atoms. The highest BCUT2D eigenvalue weighted by molar-refractivity contribution is 6.30. The maximum Gasteiger partial charge on any atom is 0.320 e. The van der Waals surface area contributed by atoms with Crippen molar-refractivity contribution in [1.29, 1.82) is 0 Å². The minimum atomic E-state index is -0.823. The highest BCUT2D eigenvalue weighted by Gasteiger charge is 2.28. The summed E-state index contributed by atoms with van der Waals surface area (Å²) in [5.41, 5.74) is 7.34. The van der Waals surface area contributed by atoms with Gasteiger partial charge in [-0.2, -0.15) is 0 Å². The Balaban J connectivity index is 1.94. The zero-order valence-corrected chi connectivity index (χ0v) is 11.0. The van der Waals surface area contributed by atoms with E-state index in [1.807, 2.05) is 12.1 Å². The molecule has 0 aromatic heterocycles.